The number of pyridine rings is 1. The van der Waals surface area contributed by atoms with Gasteiger partial charge in [-0.25, -0.2) is 4.98 Å². The van der Waals surface area contributed by atoms with Gasteiger partial charge in [-0.2, -0.15) is 0 Å². The van der Waals surface area contributed by atoms with Gasteiger partial charge >= 0.3 is 0 Å². The molecule has 0 fully saturated rings. The van der Waals surface area contributed by atoms with Crippen molar-refractivity contribution < 1.29 is 9.21 Å². The zero-order chi connectivity index (χ0) is 18.5. The molecule has 0 spiro atoms. The minimum Gasteiger partial charge on any atom is -0.421 e. The molecule has 27 heavy (non-hydrogen) atoms. The van der Waals surface area contributed by atoms with Crippen LogP contribution in [0.1, 0.15) is 12.3 Å². The highest BCUT2D eigenvalue weighted by molar-refractivity contribution is 5.81. The molecule has 0 radical (unpaired) electrons. The maximum atomic E-state index is 12.0. The number of aryl methyl sites for hydroxylation is 1. The van der Waals surface area contributed by atoms with Gasteiger partial charge in [0.1, 0.15) is 5.82 Å². The number of aromatic nitrogens is 3. The van der Waals surface area contributed by atoms with Gasteiger partial charge in [0.05, 0.1) is 5.52 Å². The fourth-order valence-corrected chi connectivity index (χ4v) is 2.60. The highest BCUT2D eigenvalue weighted by Gasteiger charge is 2.10. The normalized spacial score (nSPS) is 10.7. The topological polar surface area (TPSA) is 92.9 Å². The van der Waals surface area contributed by atoms with E-state index in [1.807, 2.05) is 66.7 Å². The Bertz CT molecular complexity index is 1060. The Kier molecular flexibility index (Phi) is 4.74. The van der Waals surface area contributed by atoms with Gasteiger partial charge in [-0.3, -0.25) is 15.6 Å². The van der Waals surface area contributed by atoms with E-state index >= 15 is 0 Å². The third-order valence-corrected chi connectivity index (χ3v) is 3.98. The molecule has 4 aromatic rings. The maximum absolute atomic E-state index is 12.0. The first-order valence-corrected chi connectivity index (χ1v) is 8.56. The Hall–Kier alpha value is -3.74. The number of carbonyl (C=O) groups is 1. The van der Waals surface area contributed by atoms with Crippen LogP contribution in [0.5, 0.6) is 0 Å². The van der Waals surface area contributed by atoms with E-state index in [0.29, 0.717) is 24.0 Å². The van der Waals surface area contributed by atoms with Gasteiger partial charge in [0, 0.05) is 23.8 Å². The van der Waals surface area contributed by atoms with Crippen molar-refractivity contribution in [2.45, 2.75) is 12.8 Å². The minimum absolute atomic E-state index is 0.190. The summed E-state index contributed by atoms with van der Waals surface area (Å²) in [5, 5.41) is 9.04. The summed E-state index contributed by atoms with van der Waals surface area (Å²) < 4.78 is 5.60. The summed E-state index contributed by atoms with van der Waals surface area (Å²) in [5.74, 6) is 1.26. The predicted molar refractivity (Wildman–Crippen MR) is 102 cm³/mol. The lowest BCUT2D eigenvalue weighted by atomic mass is 10.2. The number of amides is 1. The Morgan fingerprint density at radius 1 is 0.926 bits per heavy atom. The zero-order valence-corrected chi connectivity index (χ0v) is 14.4. The molecule has 0 atom stereocenters. The summed E-state index contributed by atoms with van der Waals surface area (Å²) in [6, 6.07) is 21.1. The minimum atomic E-state index is -0.190. The number of para-hydroxylation sites is 1. The van der Waals surface area contributed by atoms with E-state index in [4.69, 9.17) is 4.42 Å². The molecule has 2 aromatic carbocycles. The second-order valence-corrected chi connectivity index (χ2v) is 5.93. The van der Waals surface area contributed by atoms with Crippen molar-refractivity contribution in [2.24, 2.45) is 0 Å². The molecule has 1 amide bonds. The molecule has 7 nitrogen and oxygen atoms in total. The molecule has 2 heterocycles. The van der Waals surface area contributed by atoms with Crippen LogP contribution in [0.25, 0.3) is 22.4 Å². The molecule has 0 aliphatic rings. The van der Waals surface area contributed by atoms with Crippen LogP contribution in [0.2, 0.25) is 0 Å². The number of nitrogens with zero attached hydrogens (tertiary/aromatic N) is 3. The monoisotopic (exact) mass is 359 g/mol. The first kappa shape index (κ1) is 16.7. The fourth-order valence-electron chi connectivity index (χ4n) is 2.60. The van der Waals surface area contributed by atoms with Crippen LogP contribution in [0.15, 0.2) is 71.1 Å². The first-order chi connectivity index (χ1) is 13.3. The van der Waals surface area contributed by atoms with Crippen molar-refractivity contribution in [2.75, 3.05) is 5.43 Å². The van der Waals surface area contributed by atoms with Crippen LogP contribution in [0, 0.1) is 0 Å². The van der Waals surface area contributed by atoms with Crippen molar-refractivity contribution in [1.82, 2.24) is 20.6 Å². The van der Waals surface area contributed by atoms with Crippen molar-refractivity contribution >= 4 is 22.6 Å². The van der Waals surface area contributed by atoms with Crippen LogP contribution >= 0.6 is 0 Å². The number of rotatable bonds is 6. The van der Waals surface area contributed by atoms with E-state index in [9.17, 15) is 4.79 Å². The fraction of sp³-hybridized carbons (Fsp3) is 0.100. The lowest BCUT2D eigenvalue weighted by molar-refractivity contribution is -0.120. The molecule has 0 aliphatic heterocycles. The lowest BCUT2D eigenvalue weighted by Crippen LogP contribution is -2.29. The molecule has 2 aromatic heterocycles. The largest absolute Gasteiger partial charge is 0.421 e. The van der Waals surface area contributed by atoms with E-state index in [-0.39, 0.29) is 12.3 Å². The first-order valence-electron chi connectivity index (χ1n) is 8.56. The number of carbonyl (C=O) groups excluding carboxylic acids is 1. The number of benzene rings is 2. The number of nitrogens with one attached hydrogen (secondary N) is 2. The van der Waals surface area contributed by atoms with Crippen LogP contribution in [0.4, 0.5) is 5.82 Å². The standard InChI is InChI=1S/C20H17N5O2/c26-18(23-22-17-11-10-14-6-4-5-9-16(14)21-17)12-13-19-24-25-20(27-19)15-7-2-1-3-8-15/h1-11H,12-13H2,(H,21,22)(H,23,26). The van der Waals surface area contributed by atoms with Gasteiger partial charge in [0.15, 0.2) is 0 Å². The van der Waals surface area contributed by atoms with E-state index in [1.165, 1.54) is 0 Å². The smallest absolute Gasteiger partial charge is 0.247 e. The van der Waals surface area contributed by atoms with Gasteiger partial charge in [0.2, 0.25) is 17.7 Å². The van der Waals surface area contributed by atoms with Crippen molar-refractivity contribution in [3.8, 4) is 11.5 Å². The molecular formula is C20H17N5O2. The molecule has 2 N–H and O–H groups in total. The molecule has 4 rings (SSSR count). The summed E-state index contributed by atoms with van der Waals surface area (Å²) in [5.41, 5.74) is 7.17. The van der Waals surface area contributed by atoms with Gasteiger partial charge in [-0.15, -0.1) is 10.2 Å². The Morgan fingerprint density at radius 3 is 2.63 bits per heavy atom. The predicted octanol–water partition coefficient (Wildman–Crippen LogP) is 3.36. The van der Waals surface area contributed by atoms with Gasteiger partial charge in [-0.1, -0.05) is 36.4 Å². The number of fused-ring (bicyclic) bond motifs is 1. The second kappa shape index (κ2) is 7.65. The average Bonchev–Trinajstić information content (AvgIpc) is 3.20. The number of hydrogen-bond donors (Lipinski definition) is 2. The molecule has 134 valence electrons. The molecule has 0 unspecified atom stereocenters. The molecule has 7 heteroatoms. The molecule has 0 bridgehead atoms. The quantitative estimate of drug-likeness (QED) is 0.513. The van der Waals surface area contributed by atoms with Gasteiger partial charge in [-0.05, 0) is 30.3 Å². The highest BCUT2D eigenvalue weighted by atomic mass is 16.4. The SMILES string of the molecule is O=C(CCc1nnc(-c2ccccc2)o1)NNc1ccc2ccccc2n1. The highest BCUT2D eigenvalue weighted by Crippen LogP contribution is 2.17. The van der Waals surface area contributed by atoms with Crippen LogP contribution in [-0.2, 0) is 11.2 Å². The maximum Gasteiger partial charge on any atom is 0.247 e. The molecule has 0 saturated heterocycles. The Balaban J connectivity index is 1.30. The van der Waals surface area contributed by atoms with Crippen LogP contribution in [0.3, 0.4) is 0 Å². The summed E-state index contributed by atoms with van der Waals surface area (Å²) >= 11 is 0. The molecule has 0 aliphatic carbocycles. The molecule has 0 saturated carbocycles. The van der Waals surface area contributed by atoms with Crippen LogP contribution in [-0.4, -0.2) is 21.1 Å². The van der Waals surface area contributed by atoms with Gasteiger partial charge in [0.25, 0.3) is 0 Å². The van der Waals surface area contributed by atoms with Gasteiger partial charge < -0.3 is 4.42 Å². The Labute approximate surface area is 155 Å². The second-order valence-electron chi connectivity index (χ2n) is 5.93. The summed E-state index contributed by atoms with van der Waals surface area (Å²) in [4.78, 5) is 16.5. The summed E-state index contributed by atoms with van der Waals surface area (Å²) in [7, 11) is 0. The van der Waals surface area contributed by atoms with Crippen LogP contribution < -0.4 is 10.9 Å². The Morgan fingerprint density at radius 2 is 1.74 bits per heavy atom. The molecular weight excluding hydrogens is 342 g/mol. The zero-order valence-electron chi connectivity index (χ0n) is 14.4. The average molecular weight is 359 g/mol. The van der Waals surface area contributed by atoms with Crippen molar-refractivity contribution in [3.05, 3.63) is 72.6 Å². The number of hydrazine groups is 1. The van der Waals surface area contributed by atoms with E-state index in [0.717, 1.165) is 16.5 Å². The van der Waals surface area contributed by atoms with E-state index in [1.54, 1.807) is 0 Å². The third kappa shape index (κ3) is 4.09. The summed E-state index contributed by atoms with van der Waals surface area (Å²) in [6.45, 7) is 0. The van der Waals surface area contributed by atoms with Crippen molar-refractivity contribution in [3.63, 3.8) is 0 Å². The van der Waals surface area contributed by atoms with Crippen molar-refractivity contribution in [1.29, 1.82) is 0 Å². The van der Waals surface area contributed by atoms with E-state index in [2.05, 4.69) is 26.0 Å². The number of hydrogen-bond acceptors (Lipinski definition) is 6. The van der Waals surface area contributed by atoms with E-state index < -0.39 is 0 Å². The number of anilines is 1. The third-order valence-electron chi connectivity index (χ3n) is 3.98. The lowest BCUT2D eigenvalue weighted by Gasteiger charge is -2.08. The summed E-state index contributed by atoms with van der Waals surface area (Å²) in [6.07, 6.45) is 0.579.